The van der Waals surface area contributed by atoms with Crippen LogP contribution in [0, 0.1) is 5.92 Å². The van der Waals surface area contributed by atoms with Crippen molar-refractivity contribution >= 4 is 11.6 Å². The fraction of sp³-hybridized carbons (Fsp3) is 0.846. The van der Waals surface area contributed by atoms with Gasteiger partial charge in [0, 0.05) is 25.6 Å². The maximum absolute atomic E-state index is 11.6. The summed E-state index contributed by atoms with van der Waals surface area (Å²) >= 11 is 0. The lowest BCUT2D eigenvalue weighted by Crippen LogP contribution is -2.50. The molecule has 0 spiro atoms. The normalized spacial score (nSPS) is 34.6. The smallest absolute Gasteiger partial charge is 0.235 e. The molecule has 0 aromatic rings. The second kappa shape index (κ2) is 6.34. The SMILES string of the molecule is CON=C1CC(C(N)=O)N([C@@H]2CCCC[C@@H]2CO)C1. The largest absolute Gasteiger partial charge is 0.399 e. The lowest BCUT2D eigenvalue weighted by molar-refractivity contribution is -0.123. The summed E-state index contributed by atoms with van der Waals surface area (Å²) in [6.07, 6.45) is 4.85. The number of nitrogens with two attached hydrogens (primary N) is 1. The molecule has 108 valence electrons. The zero-order valence-electron chi connectivity index (χ0n) is 11.4. The second-order valence-corrected chi connectivity index (χ2v) is 5.43. The van der Waals surface area contributed by atoms with Crippen LogP contribution in [0.2, 0.25) is 0 Å². The first-order valence-electron chi connectivity index (χ1n) is 6.92. The molecule has 1 saturated heterocycles. The molecule has 1 aliphatic heterocycles. The summed E-state index contributed by atoms with van der Waals surface area (Å²) in [5.41, 5.74) is 6.36. The first-order chi connectivity index (χ1) is 9.17. The highest BCUT2D eigenvalue weighted by Crippen LogP contribution is 2.32. The van der Waals surface area contributed by atoms with E-state index in [1.54, 1.807) is 0 Å². The summed E-state index contributed by atoms with van der Waals surface area (Å²) < 4.78 is 0. The molecule has 2 rings (SSSR count). The molecule has 1 unspecified atom stereocenters. The van der Waals surface area contributed by atoms with E-state index in [2.05, 4.69) is 10.1 Å². The monoisotopic (exact) mass is 269 g/mol. The van der Waals surface area contributed by atoms with Gasteiger partial charge in [-0.25, -0.2) is 0 Å². The van der Waals surface area contributed by atoms with Gasteiger partial charge in [0.05, 0.1) is 11.8 Å². The molecule has 6 nitrogen and oxygen atoms in total. The van der Waals surface area contributed by atoms with E-state index >= 15 is 0 Å². The number of oxime groups is 1. The molecule has 1 aliphatic carbocycles. The number of amides is 1. The quantitative estimate of drug-likeness (QED) is 0.708. The number of carbonyl (C=O) groups excluding carboxylic acids is 1. The predicted octanol–water partition coefficient (Wildman–Crippen LogP) is 0.0995. The number of primary amides is 1. The molecular formula is C13H23N3O3. The van der Waals surface area contributed by atoms with Crippen LogP contribution in [0.1, 0.15) is 32.1 Å². The first kappa shape index (κ1) is 14.3. The van der Waals surface area contributed by atoms with Crippen LogP contribution >= 0.6 is 0 Å². The molecule has 3 atom stereocenters. The number of hydrogen-bond donors (Lipinski definition) is 2. The van der Waals surface area contributed by atoms with Crippen LogP contribution in [0.25, 0.3) is 0 Å². The molecule has 2 fully saturated rings. The summed E-state index contributed by atoms with van der Waals surface area (Å²) in [6, 6.07) is -0.0909. The highest BCUT2D eigenvalue weighted by atomic mass is 16.6. The van der Waals surface area contributed by atoms with Crippen LogP contribution in [0.4, 0.5) is 0 Å². The van der Waals surface area contributed by atoms with Gasteiger partial charge in [-0.2, -0.15) is 0 Å². The van der Waals surface area contributed by atoms with E-state index in [-0.39, 0.29) is 30.5 Å². The summed E-state index contributed by atoms with van der Waals surface area (Å²) in [6.45, 7) is 0.784. The van der Waals surface area contributed by atoms with E-state index in [9.17, 15) is 9.90 Å². The van der Waals surface area contributed by atoms with Gasteiger partial charge < -0.3 is 15.7 Å². The molecule has 3 N–H and O–H groups in total. The molecule has 0 aromatic carbocycles. The van der Waals surface area contributed by atoms with E-state index in [0.29, 0.717) is 13.0 Å². The number of carbonyl (C=O) groups is 1. The van der Waals surface area contributed by atoms with Crippen molar-refractivity contribution < 1.29 is 14.7 Å². The van der Waals surface area contributed by atoms with Crippen molar-refractivity contribution in [1.82, 2.24) is 4.90 Å². The van der Waals surface area contributed by atoms with Crippen molar-refractivity contribution in [3.8, 4) is 0 Å². The Balaban J connectivity index is 2.15. The van der Waals surface area contributed by atoms with Gasteiger partial charge in [-0.05, 0) is 18.8 Å². The van der Waals surface area contributed by atoms with E-state index < -0.39 is 0 Å². The highest BCUT2D eigenvalue weighted by molar-refractivity contribution is 5.95. The van der Waals surface area contributed by atoms with Crippen molar-refractivity contribution in [2.45, 2.75) is 44.2 Å². The van der Waals surface area contributed by atoms with Gasteiger partial charge in [-0.1, -0.05) is 18.0 Å². The predicted molar refractivity (Wildman–Crippen MR) is 71.6 cm³/mol. The maximum Gasteiger partial charge on any atom is 0.235 e. The summed E-state index contributed by atoms with van der Waals surface area (Å²) in [5, 5.41) is 13.5. The fourth-order valence-electron chi connectivity index (χ4n) is 3.37. The van der Waals surface area contributed by atoms with Gasteiger partial charge in [-0.3, -0.25) is 9.69 Å². The Morgan fingerprint density at radius 1 is 1.53 bits per heavy atom. The molecule has 2 aliphatic rings. The average Bonchev–Trinajstić information content (AvgIpc) is 2.83. The molecule has 0 radical (unpaired) electrons. The molecule has 0 bridgehead atoms. The molecule has 1 heterocycles. The third kappa shape index (κ3) is 3.06. The summed E-state index contributed by atoms with van der Waals surface area (Å²) in [5.74, 6) is -0.0824. The van der Waals surface area contributed by atoms with Crippen LogP contribution in [0.15, 0.2) is 5.16 Å². The number of aliphatic hydroxyl groups is 1. The topological polar surface area (TPSA) is 88.2 Å². The Morgan fingerprint density at radius 3 is 2.89 bits per heavy atom. The lowest BCUT2D eigenvalue weighted by atomic mass is 9.83. The second-order valence-electron chi connectivity index (χ2n) is 5.43. The summed E-state index contributed by atoms with van der Waals surface area (Å²) in [7, 11) is 1.51. The molecular weight excluding hydrogens is 246 g/mol. The number of rotatable bonds is 4. The highest BCUT2D eigenvalue weighted by Gasteiger charge is 2.41. The van der Waals surface area contributed by atoms with Crippen molar-refractivity contribution in [2.75, 3.05) is 20.3 Å². The van der Waals surface area contributed by atoms with Gasteiger partial charge in [0.15, 0.2) is 0 Å². The van der Waals surface area contributed by atoms with Crippen molar-refractivity contribution in [1.29, 1.82) is 0 Å². The lowest BCUT2D eigenvalue weighted by Gasteiger charge is -2.39. The first-order valence-corrected chi connectivity index (χ1v) is 6.92. The number of aliphatic hydroxyl groups excluding tert-OH is 1. The Bertz CT molecular complexity index is 359. The van der Waals surface area contributed by atoms with Crippen LogP contribution < -0.4 is 5.73 Å². The van der Waals surface area contributed by atoms with Gasteiger partial charge in [-0.15, -0.1) is 0 Å². The summed E-state index contributed by atoms with van der Waals surface area (Å²) in [4.78, 5) is 18.5. The number of likely N-dealkylation sites (tertiary alicyclic amines) is 1. The van der Waals surface area contributed by atoms with Crippen molar-refractivity contribution in [3.63, 3.8) is 0 Å². The number of hydrogen-bond acceptors (Lipinski definition) is 5. The van der Waals surface area contributed by atoms with Gasteiger partial charge in [0.1, 0.15) is 7.11 Å². The minimum absolute atomic E-state index is 0.170. The molecule has 1 saturated carbocycles. The van der Waals surface area contributed by atoms with Crippen molar-refractivity contribution in [3.05, 3.63) is 0 Å². The minimum atomic E-state index is -0.316. The van der Waals surface area contributed by atoms with Crippen LogP contribution in [0.3, 0.4) is 0 Å². The molecule has 19 heavy (non-hydrogen) atoms. The van der Waals surface area contributed by atoms with Crippen molar-refractivity contribution in [2.24, 2.45) is 16.8 Å². The molecule has 0 aromatic heterocycles. The van der Waals surface area contributed by atoms with Crippen LogP contribution in [-0.4, -0.2) is 54.0 Å². The van der Waals surface area contributed by atoms with Crippen LogP contribution in [0.5, 0.6) is 0 Å². The Hall–Kier alpha value is -1.14. The van der Waals surface area contributed by atoms with Gasteiger partial charge in [0.2, 0.25) is 5.91 Å². The standard InChI is InChI=1S/C13H23N3O3/c1-19-15-10-6-12(13(14)18)16(7-10)11-5-3-2-4-9(11)8-17/h9,11-12,17H,2-8H2,1H3,(H2,14,18)/t9-,11-,12?/m1/s1. The van der Waals surface area contributed by atoms with Gasteiger partial charge in [0.25, 0.3) is 0 Å². The Morgan fingerprint density at radius 2 is 2.26 bits per heavy atom. The van der Waals surface area contributed by atoms with Gasteiger partial charge >= 0.3 is 0 Å². The van der Waals surface area contributed by atoms with E-state index in [4.69, 9.17) is 10.6 Å². The Kier molecular flexibility index (Phi) is 4.76. The molecule has 6 heteroatoms. The van der Waals surface area contributed by atoms with E-state index in [1.807, 2.05) is 0 Å². The maximum atomic E-state index is 11.6. The van der Waals surface area contributed by atoms with E-state index in [0.717, 1.165) is 31.4 Å². The van der Waals surface area contributed by atoms with Crippen LogP contribution in [-0.2, 0) is 9.63 Å². The number of nitrogens with zero attached hydrogens (tertiary/aromatic N) is 2. The minimum Gasteiger partial charge on any atom is -0.399 e. The third-order valence-electron chi connectivity index (χ3n) is 4.27. The third-order valence-corrected chi connectivity index (χ3v) is 4.27. The Labute approximate surface area is 113 Å². The van der Waals surface area contributed by atoms with E-state index in [1.165, 1.54) is 7.11 Å². The fourth-order valence-corrected chi connectivity index (χ4v) is 3.37. The zero-order chi connectivity index (χ0) is 13.8. The average molecular weight is 269 g/mol. The zero-order valence-corrected chi connectivity index (χ0v) is 11.4. The molecule has 1 amide bonds.